The third-order valence-electron chi connectivity index (χ3n) is 4.36. The Balaban J connectivity index is 1.64. The summed E-state index contributed by atoms with van der Waals surface area (Å²) < 4.78 is 4.13. The Morgan fingerprint density at radius 1 is 0.880 bits per heavy atom. The molecule has 124 valence electrons. The van der Waals surface area contributed by atoms with E-state index in [-0.39, 0.29) is 0 Å². The highest BCUT2D eigenvalue weighted by atomic mass is 15.2. The van der Waals surface area contributed by atoms with Gasteiger partial charge in [-0.2, -0.15) is 0 Å². The van der Waals surface area contributed by atoms with Crippen molar-refractivity contribution in [1.29, 1.82) is 0 Å². The third kappa shape index (κ3) is 3.21. The number of benzene rings is 2. The summed E-state index contributed by atoms with van der Waals surface area (Å²) in [4.78, 5) is 4.57. The van der Waals surface area contributed by atoms with Crippen LogP contribution < -0.4 is 0 Å². The second-order valence-electron chi connectivity index (χ2n) is 6.04. The smallest absolute Gasteiger partial charge is 0.139 e. The normalized spacial score (nSPS) is 10.9. The van der Waals surface area contributed by atoms with Crippen molar-refractivity contribution in [1.82, 2.24) is 24.3 Å². The molecule has 0 saturated heterocycles. The molecule has 2 aromatic heterocycles. The molecule has 0 aliphatic heterocycles. The molecule has 0 radical (unpaired) electrons. The number of hydrogen-bond acceptors (Lipinski definition) is 3. The highest BCUT2D eigenvalue weighted by molar-refractivity contribution is 5.72. The molecule has 0 N–H and O–H groups in total. The van der Waals surface area contributed by atoms with E-state index in [0.717, 1.165) is 24.5 Å². The first-order valence-corrected chi connectivity index (χ1v) is 8.31. The lowest BCUT2D eigenvalue weighted by Crippen LogP contribution is -2.06. The summed E-state index contributed by atoms with van der Waals surface area (Å²) in [5, 5.41) is 7.69. The second-order valence-corrected chi connectivity index (χ2v) is 6.04. The first kappa shape index (κ1) is 15.3. The van der Waals surface area contributed by atoms with Crippen LogP contribution >= 0.6 is 0 Å². The Hall–Kier alpha value is -3.21. The fourth-order valence-corrected chi connectivity index (χ4v) is 3.03. The Morgan fingerprint density at radius 2 is 1.68 bits per heavy atom. The molecule has 4 rings (SSSR count). The van der Waals surface area contributed by atoms with Crippen LogP contribution in [-0.4, -0.2) is 24.3 Å². The van der Waals surface area contributed by atoms with Gasteiger partial charge in [0.2, 0.25) is 0 Å². The van der Waals surface area contributed by atoms with Crippen molar-refractivity contribution in [3.05, 3.63) is 79.1 Å². The number of aryl methyl sites for hydroxylation is 3. The molecule has 0 amide bonds. The summed E-state index contributed by atoms with van der Waals surface area (Å²) in [6, 6.07) is 17.0. The van der Waals surface area contributed by atoms with Crippen LogP contribution in [0.1, 0.15) is 5.56 Å². The zero-order chi connectivity index (χ0) is 17.1. The maximum Gasteiger partial charge on any atom is 0.139 e. The SMILES string of the molecule is Cc1ccccc1-c1cccc(-c2nccn2CCn2cnnc2)c1. The van der Waals surface area contributed by atoms with E-state index in [1.54, 1.807) is 12.7 Å². The summed E-state index contributed by atoms with van der Waals surface area (Å²) in [5.74, 6) is 0.975. The van der Waals surface area contributed by atoms with Gasteiger partial charge in [-0.25, -0.2) is 4.98 Å². The minimum atomic E-state index is 0.813. The van der Waals surface area contributed by atoms with E-state index in [1.165, 1.54) is 16.7 Å². The van der Waals surface area contributed by atoms with Crippen LogP contribution in [-0.2, 0) is 13.1 Å². The molecule has 2 heterocycles. The average Bonchev–Trinajstić information content (AvgIpc) is 3.32. The van der Waals surface area contributed by atoms with Crippen molar-refractivity contribution in [2.24, 2.45) is 0 Å². The largest absolute Gasteiger partial charge is 0.329 e. The quantitative estimate of drug-likeness (QED) is 0.559. The molecule has 0 saturated carbocycles. The van der Waals surface area contributed by atoms with E-state index in [4.69, 9.17) is 0 Å². The van der Waals surface area contributed by atoms with E-state index in [0.29, 0.717) is 0 Å². The van der Waals surface area contributed by atoms with E-state index in [9.17, 15) is 0 Å². The summed E-state index contributed by atoms with van der Waals surface area (Å²) in [6.07, 6.45) is 7.33. The molecule has 5 heteroatoms. The molecule has 25 heavy (non-hydrogen) atoms. The predicted octanol–water partition coefficient (Wildman–Crippen LogP) is 3.82. The van der Waals surface area contributed by atoms with Crippen LogP contribution in [0.3, 0.4) is 0 Å². The van der Waals surface area contributed by atoms with Crippen molar-refractivity contribution >= 4 is 0 Å². The van der Waals surface area contributed by atoms with Crippen molar-refractivity contribution in [2.75, 3.05) is 0 Å². The van der Waals surface area contributed by atoms with Gasteiger partial charge in [0.25, 0.3) is 0 Å². The molecule has 0 aliphatic rings. The second kappa shape index (κ2) is 6.73. The molecule has 0 unspecified atom stereocenters. The number of imidazole rings is 1. The fourth-order valence-electron chi connectivity index (χ4n) is 3.03. The summed E-state index contributed by atoms with van der Waals surface area (Å²) in [7, 11) is 0. The van der Waals surface area contributed by atoms with Gasteiger partial charge in [0.15, 0.2) is 0 Å². The van der Waals surface area contributed by atoms with Crippen molar-refractivity contribution in [3.8, 4) is 22.5 Å². The van der Waals surface area contributed by atoms with E-state index >= 15 is 0 Å². The molecule has 2 aromatic carbocycles. The van der Waals surface area contributed by atoms with E-state index in [2.05, 4.69) is 75.2 Å². The van der Waals surface area contributed by atoms with Gasteiger partial charge >= 0.3 is 0 Å². The van der Waals surface area contributed by atoms with Gasteiger partial charge in [-0.15, -0.1) is 10.2 Å². The van der Waals surface area contributed by atoms with Gasteiger partial charge < -0.3 is 9.13 Å². The maximum atomic E-state index is 4.57. The van der Waals surface area contributed by atoms with Crippen LogP contribution in [0.15, 0.2) is 73.6 Å². The Bertz CT molecular complexity index is 969. The van der Waals surface area contributed by atoms with Gasteiger partial charge in [-0.1, -0.05) is 42.5 Å². The van der Waals surface area contributed by atoms with Crippen LogP contribution in [0.5, 0.6) is 0 Å². The number of rotatable bonds is 5. The predicted molar refractivity (Wildman–Crippen MR) is 97.9 cm³/mol. The zero-order valence-electron chi connectivity index (χ0n) is 14.1. The molecule has 5 nitrogen and oxygen atoms in total. The Morgan fingerprint density at radius 3 is 2.52 bits per heavy atom. The molecule has 0 atom stereocenters. The Kier molecular flexibility index (Phi) is 4.12. The minimum absolute atomic E-state index is 0.813. The number of nitrogens with zero attached hydrogens (tertiary/aromatic N) is 5. The average molecular weight is 329 g/mol. The van der Waals surface area contributed by atoms with Crippen LogP contribution in [0.2, 0.25) is 0 Å². The van der Waals surface area contributed by atoms with Crippen LogP contribution in [0, 0.1) is 6.92 Å². The fraction of sp³-hybridized carbons (Fsp3) is 0.150. The van der Waals surface area contributed by atoms with E-state index in [1.807, 2.05) is 17.0 Å². The summed E-state index contributed by atoms with van der Waals surface area (Å²) >= 11 is 0. The van der Waals surface area contributed by atoms with Crippen LogP contribution in [0.4, 0.5) is 0 Å². The Labute approximate surface area is 146 Å². The van der Waals surface area contributed by atoms with Gasteiger partial charge in [0.1, 0.15) is 18.5 Å². The molecule has 0 fully saturated rings. The highest BCUT2D eigenvalue weighted by Crippen LogP contribution is 2.27. The monoisotopic (exact) mass is 329 g/mol. The van der Waals surface area contributed by atoms with E-state index < -0.39 is 0 Å². The topological polar surface area (TPSA) is 48.5 Å². The molecular weight excluding hydrogens is 310 g/mol. The van der Waals surface area contributed by atoms with Gasteiger partial charge in [0.05, 0.1) is 0 Å². The summed E-state index contributed by atoms with van der Waals surface area (Å²) in [6.45, 7) is 3.78. The first-order valence-electron chi connectivity index (χ1n) is 8.31. The summed E-state index contributed by atoms with van der Waals surface area (Å²) in [5.41, 5.74) is 4.86. The number of aromatic nitrogens is 5. The number of hydrogen-bond donors (Lipinski definition) is 0. The van der Waals surface area contributed by atoms with Crippen molar-refractivity contribution < 1.29 is 0 Å². The lowest BCUT2D eigenvalue weighted by Gasteiger charge is -2.11. The molecule has 4 aromatic rings. The van der Waals surface area contributed by atoms with Gasteiger partial charge in [-0.3, -0.25) is 0 Å². The standard InChI is InChI=1S/C20H19N5/c1-16-5-2-3-8-19(16)17-6-4-7-18(13-17)20-21-9-10-25(20)12-11-24-14-22-23-15-24/h2-10,13-15H,11-12H2,1H3. The van der Waals surface area contributed by atoms with Gasteiger partial charge in [-0.05, 0) is 29.7 Å². The molecular formula is C20H19N5. The van der Waals surface area contributed by atoms with Gasteiger partial charge in [0, 0.05) is 31.0 Å². The molecule has 0 aliphatic carbocycles. The molecule has 0 bridgehead atoms. The highest BCUT2D eigenvalue weighted by Gasteiger charge is 2.08. The lowest BCUT2D eigenvalue weighted by molar-refractivity contribution is 0.581. The third-order valence-corrected chi connectivity index (χ3v) is 4.36. The van der Waals surface area contributed by atoms with Crippen molar-refractivity contribution in [3.63, 3.8) is 0 Å². The first-order chi connectivity index (χ1) is 12.3. The van der Waals surface area contributed by atoms with Crippen LogP contribution in [0.25, 0.3) is 22.5 Å². The maximum absolute atomic E-state index is 4.57. The lowest BCUT2D eigenvalue weighted by atomic mass is 9.99. The zero-order valence-corrected chi connectivity index (χ0v) is 14.1. The molecule has 0 spiro atoms. The van der Waals surface area contributed by atoms with Crippen molar-refractivity contribution in [2.45, 2.75) is 20.0 Å². The minimum Gasteiger partial charge on any atom is -0.329 e.